The van der Waals surface area contributed by atoms with E-state index in [4.69, 9.17) is 5.11 Å². The third-order valence-electron chi connectivity index (χ3n) is 2.55. The first-order valence-electron chi connectivity index (χ1n) is 4.38. The van der Waals surface area contributed by atoms with Crippen LogP contribution in [0.3, 0.4) is 0 Å². The molecular formula is C7H8N4O4. The van der Waals surface area contributed by atoms with Crippen molar-refractivity contribution < 1.29 is 14.8 Å². The maximum Gasteiger partial charge on any atom is 0.490 e. The van der Waals surface area contributed by atoms with E-state index in [-0.39, 0.29) is 6.04 Å². The van der Waals surface area contributed by atoms with Crippen LogP contribution in [0, 0.1) is 16.0 Å². The molecule has 2 atom stereocenters. The zero-order valence-corrected chi connectivity index (χ0v) is 7.61. The largest absolute Gasteiger partial charge is 0.490 e. The molecule has 1 fully saturated rings. The molecule has 8 nitrogen and oxygen atoms in total. The van der Waals surface area contributed by atoms with Gasteiger partial charge in [-0.2, -0.15) is 4.68 Å². The van der Waals surface area contributed by atoms with Gasteiger partial charge in [0.1, 0.15) is 0 Å². The molecule has 1 saturated carbocycles. The zero-order chi connectivity index (χ0) is 11.0. The zero-order valence-electron chi connectivity index (χ0n) is 7.61. The number of aliphatic carboxylic acids is 1. The number of nitro groups is 1. The Morgan fingerprint density at radius 1 is 1.67 bits per heavy atom. The van der Waals surface area contributed by atoms with Gasteiger partial charge >= 0.3 is 11.9 Å². The number of hydrogen-bond acceptors (Lipinski definition) is 5. The molecule has 0 aliphatic heterocycles. The summed E-state index contributed by atoms with van der Waals surface area (Å²) in [5.74, 6) is -1.90. The minimum atomic E-state index is -0.899. The van der Waals surface area contributed by atoms with E-state index in [1.54, 1.807) is 0 Å². The SMILES string of the molecule is O=C(O)C1CCC1n1cnc([N+](=O)[O-])n1. The fraction of sp³-hybridized carbons (Fsp3) is 0.571. The normalized spacial score (nSPS) is 24.5. The van der Waals surface area contributed by atoms with Gasteiger partial charge in [0.25, 0.3) is 0 Å². The Morgan fingerprint density at radius 3 is 2.80 bits per heavy atom. The van der Waals surface area contributed by atoms with Gasteiger partial charge in [-0.15, -0.1) is 0 Å². The number of aromatic nitrogens is 3. The summed E-state index contributed by atoms with van der Waals surface area (Å²) in [6.07, 6.45) is 2.45. The van der Waals surface area contributed by atoms with E-state index in [1.165, 1.54) is 11.0 Å². The van der Waals surface area contributed by atoms with Gasteiger partial charge in [0.05, 0.1) is 12.0 Å². The van der Waals surface area contributed by atoms with Crippen LogP contribution in [0.5, 0.6) is 0 Å². The van der Waals surface area contributed by atoms with Crippen LogP contribution in [-0.4, -0.2) is 30.8 Å². The van der Waals surface area contributed by atoms with Crippen LogP contribution < -0.4 is 0 Å². The first-order chi connectivity index (χ1) is 7.09. The van der Waals surface area contributed by atoms with Gasteiger partial charge in [0.2, 0.25) is 6.33 Å². The third kappa shape index (κ3) is 1.53. The summed E-state index contributed by atoms with van der Waals surface area (Å²) in [6.45, 7) is 0. The molecule has 2 rings (SSSR count). The lowest BCUT2D eigenvalue weighted by molar-refractivity contribution is -0.394. The molecule has 2 unspecified atom stereocenters. The molecule has 1 aromatic rings. The summed E-state index contributed by atoms with van der Waals surface area (Å²) in [5, 5.41) is 22.7. The van der Waals surface area contributed by atoms with Crippen molar-refractivity contribution in [2.45, 2.75) is 18.9 Å². The molecule has 0 radical (unpaired) electrons. The molecular weight excluding hydrogens is 204 g/mol. The second-order valence-corrected chi connectivity index (χ2v) is 3.37. The summed E-state index contributed by atoms with van der Waals surface area (Å²) in [5.41, 5.74) is 0. The molecule has 0 saturated heterocycles. The van der Waals surface area contributed by atoms with Gasteiger partial charge in [-0.05, 0) is 17.8 Å². The van der Waals surface area contributed by atoms with Crippen LogP contribution in [-0.2, 0) is 4.79 Å². The fourth-order valence-electron chi connectivity index (χ4n) is 1.60. The van der Waals surface area contributed by atoms with Crippen molar-refractivity contribution in [1.82, 2.24) is 14.8 Å². The molecule has 0 bridgehead atoms. The van der Waals surface area contributed by atoms with E-state index < -0.39 is 22.8 Å². The Balaban J connectivity index is 2.16. The summed E-state index contributed by atoms with van der Waals surface area (Å²) in [6, 6.07) is -0.302. The lowest BCUT2D eigenvalue weighted by atomic mass is 9.80. The van der Waals surface area contributed by atoms with Crippen LogP contribution in [0.2, 0.25) is 0 Å². The van der Waals surface area contributed by atoms with Gasteiger partial charge in [-0.1, -0.05) is 4.98 Å². The van der Waals surface area contributed by atoms with E-state index >= 15 is 0 Å². The minimum absolute atomic E-state index is 0.302. The second-order valence-electron chi connectivity index (χ2n) is 3.37. The summed E-state index contributed by atoms with van der Waals surface area (Å²) in [7, 11) is 0. The monoisotopic (exact) mass is 212 g/mol. The van der Waals surface area contributed by atoms with Crippen LogP contribution >= 0.6 is 0 Å². The third-order valence-corrected chi connectivity index (χ3v) is 2.55. The molecule has 1 aliphatic rings. The topological polar surface area (TPSA) is 111 Å². The molecule has 15 heavy (non-hydrogen) atoms. The predicted octanol–water partition coefficient (Wildman–Crippen LogP) is 0.222. The number of carboxylic acid groups (broad SMARTS) is 1. The number of nitrogens with zero attached hydrogens (tertiary/aromatic N) is 4. The molecule has 1 aromatic heterocycles. The van der Waals surface area contributed by atoms with Crippen molar-refractivity contribution in [3.05, 3.63) is 16.4 Å². The van der Waals surface area contributed by atoms with Crippen molar-refractivity contribution in [2.75, 3.05) is 0 Å². The number of carboxylic acids is 1. The standard InChI is InChI=1S/C7H8N4O4/c12-6(13)4-1-2-5(4)10-3-8-7(9-10)11(14)15/h3-5H,1-2H2,(H,12,13). The number of carbonyl (C=O) groups is 1. The van der Waals surface area contributed by atoms with Crippen molar-refractivity contribution in [3.8, 4) is 0 Å². The minimum Gasteiger partial charge on any atom is -0.481 e. The van der Waals surface area contributed by atoms with E-state index in [0.717, 1.165) is 0 Å². The molecule has 0 amide bonds. The first-order valence-corrected chi connectivity index (χ1v) is 4.38. The van der Waals surface area contributed by atoms with Gasteiger partial charge < -0.3 is 15.2 Å². The van der Waals surface area contributed by atoms with E-state index in [9.17, 15) is 14.9 Å². The molecule has 1 aliphatic carbocycles. The maximum absolute atomic E-state index is 10.7. The number of hydrogen-bond donors (Lipinski definition) is 1. The van der Waals surface area contributed by atoms with Crippen molar-refractivity contribution in [1.29, 1.82) is 0 Å². The highest BCUT2D eigenvalue weighted by atomic mass is 16.6. The highest BCUT2D eigenvalue weighted by molar-refractivity contribution is 5.71. The van der Waals surface area contributed by atoms with Gasteiger partial charge in [0, 0.05) is 5.10 Å². The first kappa shape index (κ1) is 9.56. The molecule has 0 aromatic carbocycles. The highest BCUT2D eigenvalue weighted by Gasteiger charge is 2.40. The fourth-order valence-corrected chi connectivity index (χ4v) is 1.60. The summed E-state index contributed by atoms with van der Waals surface area (Å²) in [4.78, 5) is 23.8. The second kappa shape index (κ2) is 3.30. The van der Waals surface area contributed by atoms with Crippen LogP contribution in [0.4, 0.5) is 5.95 Å². The Morgan fingerprint density at radius 2 is 2.40 bits per heavy atom. The van der Waals surface area contributed by atoms with Crippen molar-refractivity contribution >= 4 is 11.9 Å². The average molecular weight is 212 g/mol. The molecule has 8 heteroatoms. The average Bonchev–Trinajstić information content (AvgIpc) is 2.49. The molecule has 0 spiro atoms. The van der Waals surface area contributed by atoms with Crippen LogP contribution in [0.15, 0.2) is 6.33 Å². The molecule has 1 N–H and O–H groups in total. The Hall–Kier alpha value is -1.99. The van der Waals surface area contributed by atoms with E-state index in [2.05, 4.69) is 10.1 Å². The van der Waals surface area contributed by atoms with Gasteiger partial charge in [0.15, 0.2) is 0 Å². The van der Waals surface area contributed by atoms with E-state index in [0.29, 0.717) is 12.8 Å². The molecule has 80 valence electrons. The lowest BCUT2D eigenvalue weighted by Crippen LogP contribution is -2.35. The number of rotatable bonds is 3. The summed E-state index contributed by atoms with van der Waals surface area (Å²) < 4.78 is 1.26. The Kier molecular flexibility index (Phi) is 2.10. The summed E-state index contributed by atoms with van der Waals surface area (Å²) >= 11 is 0. The molecule has 1 heterocycles. The lowest BCUT2D eigenvalue weighted by Gasteiger charge is -2.30. The maximum atomic E-state index is 10.7. The van der Waals surface area contributed by atoms with Crippen LogP contribution in [0.25, 0.3) is 0 Å². The van der Waals surface area contributed by atoms with Gasteiger partial charge in [-0.3, -0.25) is 4.79 Å². The van der Waals surface area contributed by atoms with Crippen LogP contribution in [0.1, 0.15) is 18.9 Å². The Bertz CT molecular complexity index is 415. The van der Waals surface area contributed by atoms with Gasteiger partial charge in [-0.25, -0.2) is 0 Å². The predicted molar refractivity (Wildman–Crippen MR) is 46.1 cm³/mol. The van der Waals surface area contributed by atoms with Crippen molar-refractivity contribution in [2.24, 2.45) is 5.92 Å². The quantitative estimate of drug-likeness (QED) is 0.566. The Labute approximate surface area is 83.7 Å². The highest BCUT2D eigenvalue weighted by Crippen LogP contribution is 2.38. The smallest absolute Gasteiger partial charge is 0.481 e. The van der Waals surface area contributed by atoms with Crippen molar-refractivity contribution in [3.63, 3.8) is 0 Å². The van der Waals surface area contributed by atoms with E-state index in [1.807, 2.05) is 0 Å².